The van der Waals surface area contributed by atoms with Crippen molar-refractivity contribution in [1.29, 1.82) is 0 Å². The van der Waals surface area contributed by atoms with Crippen LogP contribution in [0.4, 0.5) is 0 Å². The van der Waals surface area contributed by atoms with Crippen molar-refractivity contribution in [2.24, 2.45) is 10.9 Å². The van der Waals surface area contributed by atoms with Crippen LogP contribution in [0, 0.1) is 4.91 Å². The highest BCUT2D eigenvalue weighted by Crippen LogP contribution is 2.25. The molecule has 0 saturated carbocycles. The van der Waals surface area contributed by atoms with Crippen molar-refractivity contribution in [3.63, 3.8) is 0 Å². The van der Waals surface area contributed by atoms with Crippen LogP contribution in [0.5, 0.6) is 0 Å². The van der Waals surface area contributed by atoms with Gasteiger partial charge in [-0.3, -0.25) is 4.79 Å². The topological polar surface area (TPSA) is 72.5 Å². The number of hydrogen-bond donors (Lipinski definition) is 1. The van der Waals surface area contributed by atoms with Crippen LogP contribution in [0.2, 0.25) is 0 Å². The van der Waals surface area contributed by atoms with Crippen LogP contribution in [-0.2, 0) is 4.79 Å². The minimum Gasteiger partial charge on any atom is -0.367 e. The molecule has 0 aromatic heterocycles. The zero-order chi connectivity index (χ0) is 9.84. The Morgan fingerprint density at radius 3 is 2.54 bits per heavy atom. The van der Waals surface area contributed by atoms with Crippen LogP contribution in [0.25, 0.3) is 0 Å². The number of rotatable bonds is 3. The average Bonchev–Trinajstić information content (AvgIpc) is 2.09. The summed E-state index contributed by atoms with van der Waals surface area (Å²) in [5, 5.41) is 2.66. The van der Waals surface area contributed by atoms with Crippen molar-refractivity contribution in [2.75, 3.05) is 0 Å². The van der Waals surface area contributed by atoms with Gasteiger partial charge in [-0.15, -0.1) is 4.91 Å². The van der Waals surface area contributed by atoms with Crippen LogP contribution in [0.1, 0.15) is 11.6 Å². The number of carbonyl (C=O) groups is 1. The molecule has 1 amide bonds. The second-order valence-electron chi connectivity index (χ2n) is 2.43. The van der Waals surface area contributed by atoms with Crippen LogP contribution < -0.4 is 5.73 Å². The van der Waals surface area contributed by atoms with Gasteiger partial charge >= 0.3 is 0 Å². The first kappa shape index (κ1) is 9.85. The van der Waals surface area contributed by atoms with E-state index in [1.165, 1.54) is 0 Å². The number of amides is 1. The molecule has 1 aromatic rings. The number of nitroso groups, excluding NO2 is 1. The summed E-state index contributed by atoms with van der Waals surface area (Å²) >= 11 is 3.20. The Labute approximate surface area is 83.2 Å². The maximum Gasteiger partial charge on any atom is 0.250 e. The van der Waals surface area contributed by atoms with Gasteiger partial charge in [0.1, 0.15) is 0 Å². The Hall–Kier alpha value is -1.23. The van der Waals surface area contributed by atoms with E-state index < -0.39 is 11.9 Å². The first-order valence-corrected chi connectivity index (χ1v) is 4.32. The zero-order valence-electron chi connectivity index (χ0n) is 6.61. The molecule has 0 aliphatic rings. The Morgan fingerprint density at radius 1 is 1.46 bits per heavy atom. The van der Waals surface area contributed by atoms with Gasteiger partial charge in [0.05, 0.1) is 0 Å². The smallest absolute Gasteiger partial charge is 0.250 e. The Bertz CT molecular complexity index is 341. The summed E-state index contributed by atoms with van der Waals surface area (Å²) in [5.74, 6) is -0.748. The minimum absolute atomic E-state index is 0.491. The van der Waals surface area contributed by atoms with E-state index in [0.29, 0.717) is 10.0 Å². The van der Waals surface area contributed by atoms with Gasteiger partial charge in [0.15, 0.2) is 6.04 Å². The van der Waals surface area contributed by atoms with Crippen molar-refractivity contribution in [3.8, 4) is 0 Å². The third kappa shape index (κ3) is 2.12. The molecule has 5 heteroatoms. The fraction of sp³-hybridized carbons (Fsp3) is 0.125. The van der Waals surface area contributed by atoms with E-state index in [1.807, 2.05) is 0 Å². The molecule has 0 aliphatic carbocycles. The van der Waals surface area contributed by atoms with Gasteiger partial charge in [-0.2, -0.15) is 0 Å². The van der Waals surface area contributed by atoms with Crippen LogP contribution in [-0.4, -0.2) is 5.91 Å². The lowest BCUT2D eigenvalue weighted by Crippen LogP contribution is -2.19. The summed E-state index contributed by atoms with van der Waals surface area (Å²) in [6, 6.07) is 5.71. The molecule has 2 N–H and O–H groups in total. The van der Waals surface area contributed by atoms with Crippen LogP contribution >= 0.6 is 15.9 Å². The predicted molar refractivity (Wildman–Crippen MR) is 51.9 cm³/mol. The lowest BCUT2D eigenvalue weighted by atomic mass is 10.1. The first-order valence-electron chi connectivity index (χ1n) is 3.53. The Kier molecular flexibility index (Phi) is 3.13. The Morgan fingerprint density at radius 2 is 2.08 bits per heavy atom. The van der Waals surface area contributed by atoms with E-state index >= 15 is 0 Å². The van der Waals surface area contributed by atoms with Gasteiger partial charge in [-0.1, -0.05) is 39.3 Å². The highest BCUT2D eigenvalue weighted by atomic mass is 79.9. The van der Waals surface area contributed by atoms with E-state index in [0.717, 1.165) is 0 Å². The molecule has 0 aliphatic heterocycles. The molecule has 0 heterocycles. The molecular weight excluding hydrogens is 236 g/mol. The number of hydrogen-bond acceptors (Lipinski definition) is 3. The van der Waals surface area contributed by atoms with Crippen LogP contribution in [0.15, 0.2) is 33.9 Å². The molecule has 1 atom stereocenters. The second kappa shape index (κ2) is 4.13. The van der Waals surface area contributed by atoms with E-state index in [-0.39, 0.29) is 0 Å². The molecule has 0 radical (unpaired) electrons. The molecule has 0 fully saturated rings. The number of primary amides is 1. The third-order valence-corrected chi connectivity index (χ3v) is 2.30. The number of carbonyl (C=O) groups excluding carboxylic acids is 1. The van der Waals surface area contributed by atoms with Gasteiger partial charge < -0.3 is 5.73 Å². The largest absolute Gasteiger partial charge is 0.367 e. The van der Waals surface area contributed by atoms with Gasteiger partial charge in [0.25, 0.3) is 5.91 Å². The quantitative estimate of drug-likeness (QED) is 0.821. The third-order valence-electron chi connectivity index (χ3n) is 1.57. The van der Waals surface area contributed by atoms with Crippen molar-refractivity contribution in [1.82, 2.24) is 0 Å². The summed E-state index contributed by atoms with van der Waals surface area (Å²) < 4.78 is 0.651. The van der Waals surface area contributed by atoms with Gasteiger partial charge in [-0.05, 0) is 6.07 Å². The summed E-state index contributed by atoms with van der Waals surface area (Å²) in [4.78, 5) is 21.1. The zero-order valence-corrected chi connectivity index (χ0v) is 8.19. The standard InChI is InChI=1S/C8H7BrN2O2/c9-6-4-2-1-3-5(6)7(11-13)8(10)12/h1-4,7H,(H2,10,12). The Balaban J connectivity index is 3.12. The van der Waals surface area contributed by atoms with Crippen molar-refractivity contribution in [2.45, 2.75) is 6.04 Å². The number of benzene rings is 1. The molecule has 1 aromatic carbocycles. The maximum absolute atomic E-state index is 10.8. The minimum atomic E-state index is -1.12. The van der Waals surface area contributed by atoms with E-state index in [4.69, 9.17) is 5.73 Å². The van der Waals surface area contributed by atoms with Crippen molar-refractivity contribution in [3.05, 3.63) is 39.2 Å². The highest BCUT2D eigenvalue weighted by molar-refractivity contribution is 9.10. The van der Waals surface area contributed by atoms with Crippen molar-refractivity contribution < 1.29 is 4.79 Å². The second-order valence-corrected chi connectivity index (χ2v) is 3.29. The molecular formula is C8H7BrN2O2. The fourth-order valence-electron chi connectivity index (χ4n) is 0.959. The highest BCUT2D eigenvalue weighted by Gasteiger charge is 2.20. The lowest BCUT2D eigenvalue weighted by molar-refractivity contribution is -0.119. The normalized spacial score (nSPS) is 12.1. The summed E-state index contributed by atoms with van der Waals surface area (Å²) in [6.45, 7) is 0. The molecule has 0 spiro atoms. The summed E-state index contributed by atoms with van der Waals surface area (Å²) in [7, 11) is 0. The number of nitrogens with two attached hydrogens (primary N) is 1. The van der Waals surface area contributed by atoms with Crippen LogP contribution in [0.3, 0.4) is 0 Å². The summed E-state index contributed by atoms with van der Waals surface area (Å²) in [5.41, 5.74) is 5.49. The van der Waals surface area contributed by atoms with Gasteiger partial charge in [-0.25, -0.2) is 0 Å². The van der Waals surface area contributed by atoms with E-state index in [1.54, 1.807) is 24.3 Å². The lowest BCUT2D eigenvalue weighted by Gasteiger charge is -2.06. The fourth-order valence-corrected chi connectivity index (χ4v) is 1.46. The molecule has 68 valence electrons. The molecule has 1 unspecified atom stereocenters. The maximum atomic E-state index is 10.8. The SMILES string of the molecule is NC(=O)C(N=O)c1ccccc1Br. The molecule has 0 bridgehead atoms. The predicted octanol–water partition coefficient (Wildman–Crippen LogP) is 1.74. The van der Waals surface area contributed by atoms with Gasteiger partial charge in [0, 0.05) is 10.0 Å². The number of halogens is 1. The molecule has 1 rings (SSSR count). The molecule has 4 nitrogen and oxygen atoms in total. The average molecular weight is 243 g/mol. The first-order chi connectivity index (χ1) is 6.16. The summed E-state index contributed by atoms with van der Waals surface area (Å²) in [6.07, 6.45) is 0. The monoisotopic (exact) mass is 242 g/mol. The molecule has 0 saturated heterocycles. The van der Waals surface area contributed by atoms with E-state index in [2.05, 4.69) is 21.1 Å². The number of nitrogens with zero attached hydrogens (tertiary/aromatic N) is 1. The van der Waals surface area contributed by atoms with Crippen molar-refractivity contribution >= 4 is 21.8 Å². The van der Waals surface area contributed by atoms with Gasteiger partial charge in [0.2, 0.25) is 0 Å². The molecule has 13 heavy (non-hydrogen) atoms. The van der Waals surface area contributed by atoms with E-state index in [9.17, 15) is 9.70 Å².